The Morgan fingerprint density at radius 2 is 1.81 bits per heavy atom. The monoisotopic (exact) mass is 351 g/mol. The Morgan fingerprint density at radius 1 is 1.12 bits per heavy atom. The van der Waals surface area contributed by atoms with Crippen molar-refractivity contribution in [3.63, 3.8) is 0 Å². The van der Waals surface area contributed by atoms with E-state index in [9.17, 15) is 9.59 Å². The lowest BCUT2D eigenvalue weighted by Crippen LogP contribution is -2.44. The van der Waals surface area contributed by atoms with Crippen LogP contribution in [0.5, 0.6) is 0 Å². The molecule has 0 aliphatic heterocycles. The summed E-state index contributed by atoms with van der Waals surface area (Å²) < 4.78 is 6.68. The number of ether oxygens (including phenoxy) is 1. The van der Waals surface area contributed by atoms with Gasteiger partial charge in [0.25, 0.3) is 0 Å². The molecule has 1 atom stereocenters. The quantitative estimate of drug-likeness (QED) is 0.691. The van der Waals surface area contributed by atoms with E-state index in [1.54, 1.807) is 0 Å². The Bertz CT molecular complexity index is 918. The molecule has 0 fully saturated rings. The van der Waals surface area contributed by atoms with Crippen LogP contribution in [0.15, 0.2) is 54.6 Å². The maximum Gasteiger partial charge on any atom is 0.328 e. The topological polar surface area (TPSA) is 73.2 Å². The molecule has 1 amide bonds. The third-order valence-corrected chi connectivity index (χ3v) is 4.25. The van der Waals surface area contributed by atoms with E-state index in [0.717, 1.165) is 22.4 Å². The van der Waals surface area contributed by atoms with Crippen LogP contribution in [0.3, 0.4) is 0 Å². The van der Waals surface area contributed by atoms with Crippen molar-refractivity contribution in [2.45, 2.75) is 25.9 Å². The summed E-state index contributed by atoms with van der Waals surface area (Å²) >= 11 is 0. The molecule has 3 rings (SSSR count). The molecule has 1 aromatic heterocycles. The third-order valence-electron chi connectivity index (χ3n) is 4.25. The summed E-state index contributed by atoms with van der Waals surface area (Å²) in [7, 11) is 1.32. The fourth-order valence-corrected chi connectivity index (χ4v) is 2.96. The molecule has 0 aliphatic carbocycles. The number of carbonyl (C=O) groups is 2. The summed E-state index contributed by atoms with van der Waals surface area (Å²) in [6, 6.07) is 16.4. The predicted molar refractivity (Wildman–Crippen MR) is 98.6 cm³/mol. The van der Waals surface area contributed by atoms with Gasteiger partial charge in [0.05, 0.1) is 18.1 Å². The maximum atomic E-state index is 12.6. The van der Waals surface area contributed by atoms with E-state index < -0.39 is 12.0 Å². The van der Waals surface area contributed by atoms with Gasteiger partial charge in [0.1, 0.15) is 18.4 Å². The molecule has 0 spiro atoms. The molecule has 0 saturated heterocycles. The zero-order valence-corrected chi connectivity index (χ0v) is 14.8. The molecule has 1 N–H and O–H groups in total. The van der Waals surface area contributed by atoms with Crippen LogP contribution in [0.1, 0.15) is 11.4 Å². The van der Waals surface area contributed by atoms with Crippen molar-refractivity contribution in [1.82, 2.24) is 14.9 Å². The number of carbonyl (C=O) groups excluding carboxylic acids is 2. The van der Waals surface area contributed by atoms with E-state index >= 15 is 0 Å². The first kappa shape index (κ1) is 17.7. The first-order chi connectivity index (χ1) is 12.6. The van der Waals surface area contributed by atoms with Gasteiger partial charge in [-0.05, 0) is 24.6 Å². The van der Waals surface area contributed by atoms with Crippen molar-refractivity contribution in [2.75, 3.05) is 7.11 Å². The van der Waals surface area contributed by atoms with Gasteiger partial charge >= 0.3 is 5.97 Å². The molecule has 3 aromatic rings. The number of aryl methyl sites for hydroxylation is 1. The molecule has 0 aliphatic rings. The Labute approximate surface area is 151 Å². The van der Waals surface area contributed by atoms with Gasteiger partial charge in [0.15, 0.2) is 0 Å². The highest BCUT2D eigenvalue weighted by Crippen LogP contribution is 2.15. The number of amides is 1. The van der Waals surface area contributed by atoms with Crippen molar-refractivity contribution < 1.29 is 14.3 Å². The SMILES string of the molecule is COC(=O)[C@H](Cc1ccccc1)NC(=O)Cn1c(C)nc2ccccc21. The van der Waals surface area contributed by atoms with E-state index in [4.69, 9.17) is 4.74 Å². The van der Waals surface area contributed by atoms with Gasteiger partial charge in [-0.2, -0.15) is 0 Å². The number of nitrogens with one attached hydrogen (secondary N) is 1. The number of aromatic nitrogens is 2. The van der Waals surface area contributed by atoms with Crippen LogP contribution in [0, 0.1) is 6.92 Å². The molecule has 0 unspecified atom stereocenters. The third kappa shape index (κ3) is 3.91. The van der Waals surface area contributed by atoms with Gasteiger partial charge in [0.2, 0.25) is 5.91 Å². The highest BCUT2D eigenvalue weighted by Gasteiger charge is 2.22. The van der Waals surface area contributed by atoms with Gasteiger partial charge in [-0.15, -0.1) is 0 Å². The summed E-state index contributed by atoms with van der Waals surface area (Å²) in [4.78, 5) is 29.1. The van der Waals surface area contributed by atoms with Crippen LogP contribution in [-0.4, -0.2) is 34.6 Å². The molecule has 1 heterocycles. The number of hydrogen-bond donors (Lipinski definition) is 1. The van der Waals surface area contributed by atoms with Gasteiger partial charge in [0, 0.05) is 6.42 Å². The molecule has 26 heavy (non-hydrogen) atoms. The summed E-state index contributed by atoms with van der Waals surface area (Å²) in [5.74, 6) is 0.0241. The lowest BCUT2D eigenvalue weighted by atomic mass is 10.1. The Kier molecular flexibility index (Phi) is 5.31. The lowest BCUT2D eigenvalue weighted by Gasteiger charge is -2.17. The second-order valence-corrected chi connectivity index (χ2v) is 6.07. The Balaban J connectivity index is 1.75. The Hall–Kier alpha value is -3.15. The van der Waals surface area contributed by atoms with E-state index in [1.807, 2.05) is 66.1 Å². The molecule has 134 valence electrons. The van der Waals surface area contributed by atoms with Crippen LogP contribution in [0.2, 0.25) is 0 Å². The highest BCUT2D eigenvalue weighted by atomic mass is 16.5. The van der Waals surface area contributed by atoms with Gasteiger partial charge in [-0.3, -0.25) is 4.79 Å². The molecule has 6 nitrogen and oxygen atoms in total. The zero-order valence-electron chi connectivity index (χ0n) is 14.8. The van der Waals surface area contributed by atoms with Gasteiger partial charge in [-0.1, -0.05) is 42.5 Å². The maximum absolute atomic E-state index is 12.6. The average Bonchev–Trinajstić information content (AvgIpc) is 2.97. The van der Waals surface area contributed by atoms with Gasteiger partial charge < -0.3 is 14.6 Å². The van der Waals surface area contributed by atoms with Crippen molar-refractivity contribution in [3.8, 4) is 0 Å². The molecule has 2 aromatic carbocycles. The molecule has 0 saturated carbocycles. The average molecular weight is 351 g/mol. The van der Waals surface area contributed by atoms with Crippen LogP contribution in [0.4, 0.5) is 0 Å². The summed E-state index contributed by atoms with van der Waals surface area (Å²) in [6.45, 7) is 1.95. The summed E-state index contributed by atoms with van der Waals surface area (Å²) in [6.07, 6.45) is 0.378. The number of fused-ring (bicyclic) bond motifs is 1. The lowest BCUT2D eigenvalue weighted by molar-refractivity contribution is -0.145. The van der Waals surface area contributed by atoms with E-state index in [0.29, 0.717) is 6.42 Å². The first-order valence-electron chi connectivity index (χ1n) is 8.41. The number of nitrogens with zero attached hydrogens (tertiary/aromatic N) is 2. The minimum absolute atomic E-state index is 0.0919. The standard InChI is InChI=1S/C20H21N3O3/c1-14-21-16-10-6-7-11-18(16)23(14)13-19(24)22-17(20(25)26-2)12-15-8-4-3-5-9-15/h3-11,17H,12-13H2,1-2H3,(H,22,24)/t17-/m0/s1. The Morgan fingerprint density at radius 3 is 2.54 bits per heavy atom. The van der Waals surface area contributed by atoms with Crippen molar-refractivity contribution >= 4 is 22.9 Å². The predicted octanol–water partition coefficient (Wildman–Crippen LogP) is 2.25. The van der Waals surface area contributed by atoms with Crippen LogP contribution < -0.4 is 5.32 Å². The zero-order chi connectivity index (χ0) is 18.5. The second kappa shape index (κ2) is 7.82. The largest absolute Gasteiger partial charge is 0.467 e. The number of rotatable bonds is 6. The number of esters is 1. The first-order valence-corrected chi connectivity index (χ1v) is 8.41. The van der Waals surface area contributed by atoms with Crippen LogP contribution in [0.25, 0.3) is 11.0 Å². The van der Waals surface area contributed by atoms with Crippen molar-refractivity contribution in [2.24, 2.45) is 0 Å². The second-order valence-electron chi connectivity index (χ2n) is 6.07. The highest BCUT2D eigenvalue weighted by molar-refractivity contribution is 5.86. The summed E-state index contributed by atoms with van der Waals surface area (Å²) in [5.41, 5.74) is 2.68. The molecule has 0 radical (unpaired) electrons. The van der Waals surface area contributed by atoms with Crippen molar-refractivity contribution in [1.29, 1.82) is 0 Å². The number of benzene rings is 2. The van der Waals surface area contributed by atoms with Crippen LogP contribution in [-0.2, 0) is 27.3 Å². The molecule has 0 bridgehead atoms. The van der Waals surface area contributed by atoms with Crippen molar-refractivity contribution in [3.05, 3.63) is 66.0 Å². The number of imidazole rings is 1. The minimum atomic E-state index is -0.731. The molecular formula is C20H21N3O3. The van der Waals surface area contributed by atoms with E-state index in [2.05, 4.69) is 10.3 Å². The summed E-state index contributed by atoms with van der Waals surface area (Å²) in [5, 5.41) is 2.78. The normalized spacial score (nSPS) is 11.9. The molecular weight excluding hydrogens is 330 g/mol. The number of methoxy groups -OCH3 is 1. The van der Waals surface area contributed by atoms with Crippen LogP contribution >= 0.6 is 0 Å². The number of para-hydroxylation sites is 2. The van der Waals surface area contributed by atoms with E-state index in [-0.39, 0.29) is 12.5 Å². The molecule has 6 heteroatoms. The fraction of sp³-hybridized carbons (Fsp3) is 0.250. The smallest absolute Gasteiger partial charge is 0.328 e. The fourth-order valence-electron chi connectivity index (χ4n) is 2.96. The van der Waals surface area contributed by atoms with E-state index in [1.165, 1.54) is 7.11 Å². The minimum Gasteiger partial charge on any atom is -0.467 e. The van der Waals surface area contributed by atoms with Gasteiger partial charge in [-0.25, -0.2) is 9.78 Å². The number of hydrogen-bond acceptors (Lipinski definition) is 4.